The summed E-state index contributed by atoms with van der Waals surface area (Å²) >= 11 is 6.05. The van der Waals surface area contributed by atoms with Crippen LogP contribution in [-0.2, 0) is 0 Å². The summed E-state index contributed by atoms with van der Waals surface area (Å²) in [5.41, 5.74) is 0.458. The fourth-order valence-electron chi connectivity index (χ4n) is 2.32. The molecule has 138 valence electrons. The zero-order valence-corrected chi connectivity index (χ0v) is 15.3. The van der Waals surface area contributed by atoms with E-state index in [1.807, 2.05) is 0 Å². The number of aryl methyl sites for hydroxylation is 1. The summed E-state index contributed by atoms with van der Waals surface area (Å²) in [6, 6.07) is 5.56. The number of rotatable bonds is 6. The molecule has 0 aliphatic carbocycles. The van der Waals surface area contributed by atoms with E-state index in [0.717, 1.165) is 6.07 Å². The molecule has 0 atom stereocenters. The van der Waals surface area contributed by atoms with Crippen molar-refractivity contribution in [3.8, 4) is 17.2 Å². The van der Waals surface area contributed by atoms with E-state index in [-0.39, 0.29) is 17.1 Å². The minimum absolute atomic E-state index is 0.149. The second-order valence-corrected chi connectivity index (χ2v) is 5.64. The van der Waals surface area contributed by atoms with Crippen LogP contribution >= 0.6 is 11.6 Å². The number of amides is 1. The molecular weight excluding hydrogens is 364 g/mol. The minimum atomic E-state index is -0.697. The van der Waals surface area contributed by atoms with E-state index in [2.05, 4.69) is 5.32 Å². The first kappa shape index (κ1) is 19.3. The van der Waals surface area contributed by atoms with Crippen LogP contribution in [0.25, 0.3) is 0 Å². The molecule has 8 nitrogen and oxygen atoms in total. The molecule has 2 rings (SSSR count). The van der Waals surface area contributed by atoms with Crippen molar-refractivity contribution < 1.29 is 23.9 Å². The maximum Gasteiger partial charge on any atom is 0.286 e. The molecule has 0 aromatic heterocycles. The first-order chi connectivity index (χ1) is 12.3. The summed E-state index contributed by atoms with van der Waals surface area (Å²) in [5.74, 6) is -0.0204. The van der Waals surface area contributed by atoms with E-state index in [1.165, 1.54) is 27.4 Å². The Morgan fingerprint density at radius 3 is 2.15 bits per heavy atom. The summed E-state index contributed by atoms with van der Waals surface area (Å²) in [7, 11) is 4.15. The Labute approximate surface area is 154 Å². The molecule has 26 heavy (non-hydrogen) atoms. The molecule has 0 spiro atoms. The van der Waals surface area contributed by atoms with Gasteiger partial charge in [-0.2, -0.15) is 0 Å². The molecule has 0 saturated carbocycles. The van der Waals surface area contributed by atoms with Crippen molar-refractivity contribution in [3.05, 3.63) is 50.5 Å². The van der Waals surface area contributed by atoms with E-state index in [1.54, 1.807) is 19.1 Å². The Morgan fingerprint density at radius 1 is 1.04 bits per heavy atom. The van der Waals surface area contributed by atoms with Crippen molar-refractivity contribution in [2.45, 2.75) is 6.92 Å². The predicted octanol–water partition coefficient (Wildman–Crippen LogP) is 3.83. The van der Waals surface area contributed by atoms with Gasteiger partial charge in [0.05, 0.1) is 38.0 Å². The molecule has 1 N–H and O–H groups in total. The lowest BCUT2D eigenvalue weighted by Crippen LogP contribution is -2.15. The lowest BCUT2D eigenvalue weighted by atomic mass is 10.1. The predicted molar refractivity (Wildman–Crippen MR) is 96.9 cm³/mol. The number of nitrogens with one attached hydrogen (secondary N) is 1. The lowest BCUT2D eigenvalue weighted by Gasteiger charge is -2.14. The van der Waals surface area contributed by atoms with Gasteiger partial charge in [-0.1, -0.05) is 11.6 Å². The maximum atomic E-state index is 12.7. The third-order valence-electron chi connectivity index (χ3n) is 3.67. The molecule has 2 aromatic rings. The van der Waals surface area contributed by atoms with Gasteiger partial charge >= 0.3 is 0 Å². The minimum Gasteiger partial charge on any atom is -0.495 e. The van der Waals surface area contributed by atoms with Gasteiger partial charge in [0, 0.05) is 17.2 Å². The lowest BCUT2D eigenvalue weighted by molar-refractivity contribution is -0.385. The van der Waals surface area contributed by atoms with Crippen molar-refractivity contribution in [3.63, 3.8) is 0 Å². The van der Waals surface area contributed by atoms with Crippen molar-refractivity contribution in [2.24, 2.45) is 0 Å². The smallest absolute Gasteiger partial charge is 0.286 e. The van der Waals surface area contributed by atoms with Gasteiger partial charge in [-0.3, -0.25) is 14.9 Å². The van der Waals surface area contributed by atoms with E-state index < -0.39 is 16.5 Å². The highest BCUT2D eigenvalue weighted by molar-refractivity contribution is 6.31. The zero-order chi connectivity index (χ0) is 19.4. The van der Waals surface area contributed by atoms with Gasteiger partial charge in [0.25, 0.3) is 11.6 Å². The van der Waals surface area contributed by atoms with Crippen LogP contribution in [-0.4, -0.2) is 32.2 Å². The van der Waals surface area contributed by atoms with Crippen LogP contribution in [0.1, 0.15) is 15.9 Å². The summed E-state index contributed by atoms with van der Waals surface area (Å²) in [6.07, 6.45) is 0. The molecule has 1 amide bonds. The number of hydrogen-bond acceptors (Lipinski definition) is 6. The zero-order valence-electron chi connectivity index (χ0n) is 14.6. The fraction of sp³-hybridized carbons (Fsp3) is 0.235. The number of carbonyl (C=O) groups is 1. The van der Waals surface area contributed by atoms with Gasteiger partial charge in [0.2, 0.25) is 0 Å². The molecule has 0 radical (unpaired) electrons. The largest absolute Gasteiger partial charge is 0.495 e. The number of halogens is 1. The first-order valence-corrected chi connectivity index (χ1v) is 7.76. The average molecular weight is 381 g/mol. The maximum absolute atomic E-state index is 12.7. The standard InChI is InChI=1S/C17H17ClN2O6/c1-9-5-12(14(24-2)7-11(9)18)19-17(21)10-6-15(25-3)16(26-4)8-13(10)20(22)23/h5-8H,1-4H3,(H,19,21). The summed E-state index contributed by atoms with van der Waals surface area (Å²) in [6.45, 7) is 1.76. The van der Waals surface area contributed by atoms with E-state index >= 15 is 0 Å². The highest BCUT2D eigenvalue weighted by atomic mass is 35.5. The summed E-state index contributed by atoms with van der Waals surface area (Å²) in [5, 5.41) is 14.4. The Kier molecular flexibility index (Phi) is 5.89. The van der Waals surface area contributed by atoms with Crippen LogP contribution in [0.3, 0.4) is 0 Å². The van der Waals surface area contributed by atoms with Crippen molar-refractivity contribution in [1.82, 2.24) is 0 Å². The molecule has 0 fully saturated rings. The van der Waals surface area contributed by atoms with Gasteiger partial charge in [0.15, 0.2) is 11.5 Å². The number of nitro groups is 1. The molecule has 0 saturated heterocycles. The van der Waals surface area contributed by atoms with Crippen molar-refractivity contribution in [2.75, 3.05) is 26.6 Å². The second-order valence-electron chi connectivity index (χ2n) is 5.24. The van der Waals surface area contributed by atoms with Crippen molar-refractivity contribution >= 4 is 28.9 Å². The topological polar surface area (TPSA) is 99.9 Å². The quantitative estimate of drug-likeness (QED) is 0.603. The third-order valence-corrected chi connectivity index (χ3v) is 4.08. The number of nitrogens with zero attached hydrogens (tertiary/aromatic N) is 1. The number of nitro benzene ring substituents is 1. The number of hydrogen-bond donors (Lipinski definition) is 1. The summed E-state index contributed by atoms with van der Waals surface area (Å²) < 4.78 is 15.4. The monoisotopic (exact) mass is 380 g/mol. The van der Waals surface area contributed by atoms with Gasteiger partial charge < -0.3 is 19.5 Å². The second kappa shape index (κ2) is 7.92. The van der Waals surface area contributed by atoms with Crippen LogP contribution in [0.15, 0.2) is 24.3 Å². The molecule has 0 aliphatic rings. The number of anilines is 1. The van der Waals surface area contributed by atoms with Crippen LogP contribution in [0.5, 0.6) is 17.2 Å². The molecule has 0 bridgehead atoms. The normalized spacial score (nSPS) is 10.2. The van der Waals surface area contributed by atoms with Crippen molar-refractivity contribution in [1.29, 1.82) is 0 Å². The van der Waals surface area contributed by atoms with E-state index in [9.17, 15) is 14.9 Å². The fourth-order valence-corrected chi connectivity index (χ4v) is 2.47. The molecular formula is C17H17ClN2O6. The molecule has 9 heteroatoms. The Bertz CT molecular complexity index is 869. The summed E-state index contributed by atoms with van der Waals surface area (Å²) in [4.78, 5) is 23.4. The Morgan fingerprint density at radius 2 is 1.62 bits per heavy atom. The average Bonchev–Trinajstić information content (AvgIpc) is 2.62. The van der Waals surface area contributed by atoms with Gasteiger partial charge in [0.1, 0.15) is 11.3 Å². The van der Waals surface area contributed by atoms with E-state index in [4.69, 9.17) is 25.8 Å². The highest BCUT2D eigenvalue weighted by Crippen LogP contribution is 2.36. The Hall–Kier alpha value is -3.00. The van der Waals surface area contributed by atoms with Gasteiger partial charge in [-0.25, -0.2) is 0 Å². The van der Waals surface area contributed by atoms with Crippen LogP contribution in [0.4, 0.5) is 11.4 Å². The third kappa shape index (κ3) is 3.80. The van der Waals surface area contributed by atoms with Crippen LogP contribution < -0.4 is 19.5 Å². The van der Waals surface area contributed by atoms with Crippen LogP contribution in [0.2, 0.25) is 5.02 Å². The molecule has 0 unspecified atom stereocenters. The van der Waals surface area contributed by atoms with Gasteiger partial charge in [-0.15, -0.1) is 0 Å². The molecule has 2 aromatic carbocycles. The number of methoxy groups -OCH3 is 3. The van der Waals surface area contributed by atoms with Crippen LogP contribution in [0, 0.1) is 17.0 Å². The number of carbonyl (C=O) groups excluding carboxylic acids is 1. The van der Waals surface area contributed by atoms with Gasteiger partial charge in [-0.05, 0) is 18.6 Å². The molecule has 0 aliphatic heterocycles. The first-order valence-electron chi connectivity index (χ1n) is 7.38. The van der Waals surface area contributed by atoms with E-state index in [0.29, 0.717) is 22.0 Å². The number of benzene rings is 2. The SMILES string of the molecule is COc1cc(Cl)c(C)cc1NC(=O)c1cc(OC)c(OC)cc1[N+](=O)[O-]. The number of ether oxygens (including phenoxy) is 3. The Balaban J connectivity index is 2.50. The molecule has 0 heterocycles. The highest BCUT2D eigenvalue weighted by Gasteiger charge is 2.25.